The van der Waals surface area contributed by atoms with Crippen molar-refractivity contribution >= 4 is 17.5 Å². The molecule has 0 saturated heterocycles. The fourth-order valence-electron chi connectivity index (χ4n) is 3.70. The summed E-state index contributed by atoms with van der Waals surface area (Å²) in [5.74, 6) is -1.16. The van der Waals surface area contributed by atoms with Crippen LogP contribution in [0.1, 0.15) is 32.1 Å². The largest absolute Gasteiger partial charge is 0.433 e. The molecule has 0 aliphatic carbocycles. The van der Waals surface area contributed by atoms with Gasteiger partial charge in [-0.2, -0.15) is 18.3 Å². The zero-order valence-corrected chi connectivity index (χ0v) is 20.4. The number of anilines is 1. The van der Waals surface area contributed by atoms with Gasteiger partial charge in [-0.25, -0.2) is 4.68 Å². The van der Waals surface area contributed by atoms with E-state index in [1.807, 2.05) is 6.92 Å². The Hall–Kier alpha value is -4.87. The quantitative estimate of drug-likeness (QED) is 0.411. The molecule has 38 heavy (non-hydrogen) atoms. The van der Waals surface area contributed by atoms with Crippen LogP contribution < -0.4 is 16.2 Å². The minimum atomic E-state index is -4.68. The summed E-state index contributed by atoms with van der Waals surface area (Å²) >= 11 is 0. The Balaban J connectivity index is 1.71. The van der Waals surface area contributed by atoms with Crippen LogP contribution in [0.5, 0.6) is 0 Å². The zero-order valence-electron chi connectivity index (χ0n) is 20.4. The van der Waals surface area contributed by atoms with E-state index in [0.29, 0.717) is 28.6 Å². The van der Waals surface area contributed by atoms with E-state index < -0.39 is 29.2 Å². The smallest absolute Gasteiger partial charge is 0.354 e. The maximum absolute atomic E-state index is 13.0. The van der Waals surface area contributed by atoms with E-state index in [-0.39, 0.29) is 16.8 Å². The number of aryl methyl sites for hydroxylation is 2. The summed E-state index contributed by atoms with van der Waals surface area (Å²) in [7, 11) is 2.96. The van der Waals surface area contributed by atoms with Gasteiger partial charge in [0.15, 0.2) is 0 Å². The number of hydrogen-bond donors (Lipinski definition) is 2. The highest BCUT2D eigenvalue weighted by molar-refractivity contribution is 6.04. The topological polar surface area (TPSA) is 119 Å². The normalized spacial score (nSPS) is 11.2. The van der Waals surface area contributed by atoms with Crippen LogP contribution in [0.25, 0.3) is 22.4 Å². The molecule has 0 fully saturated rings. The number of nitrogens with zero attached hydrogens (tertiary/aromatic N) is 4. The maximum Gasteiger partial charge on any atom is 0.433 e. The number of alkyl halides is 3. The third-order valence-electron chi connectivity index (χ3n) is 5.68. The molecule has 12 heteroatoms. The van der Waals surface area contributed by atoms with Gasteiger partial charge >= 0.3 is 6.18 Å². The molecular formula is C26H21F3N6O3. The van der Waals surface area contributed by atoms with Crippen LogP contribution in [-0.4, -0.2) is 38.6 Å². The molecule has 0 unspecified atom stereocenters. The van der Waals surface area contributed by atoms with Crippen LogP contribution in [-0.2, 0) is 13.2 Å². The summed E-state index contributed by atoms with van der Waals surface area (Å²) in [6.45, 7) is 1.81. The average molecular weight is 522 g/mol. The molecule has 9 nitrogen and oxygen atoms in total. The van der Waals surface area contributed by atoms with E-state index in [0.717, 1.165) is 16.4 Å². The summed E-state index contributed by atoms with van der Waals surface area (Å²) in [5, 5.41) is 9.42. The van der Waals surface area contributed by atoms with Crippen molar-refractivity contribution in [2.75, 3.05) is 12.4 Å². The highest BCUT2D eigenvalue weighted by Gasteiger charge is 2.33. The van der Waals surface area contributed by atoms with E-state index >= 15 is 0 Å². The van der Waals surface area contributed by atoms with Crippen molar-refractivity contribution in [3.05, 3.63) is 93.8 Å². The number of carbonyl (C=O) groups is 2. The van der Waals surface area contributed by atoms with Gasteiger partial charge in [-0.05, 0) is 60.5 Å². The number of carbonyl (C=O) groups excluding carboxylic acids is 2. The lowest BCUT2D eigenvalue weighted by Crippen LogP contribution is -2.22. The third kappa shape index (κ3) is 5.43. The molecule has 0 bridgehead atoms. The minimum Gasteiger partial charge on any atom is -0.354 e. The number of nitrogens with one attached hydrogen (secondary N) is 2. The predicted molar refractivity (Wildman–Crippen MR) is 133 cm³/mol. The van der Waals surface area contributed by atoms with E-state index in [4.69, 9.17) is 0 Å². The second-order valence-corrected chi connectivity index (χ2v) is 8.29. The molecule has 2 N–H and O–H groups in total. The zero-order chi connectivity index (χ0) is 27.6. The van der Waals surface area contributed by atoms with Gasteiger partial charge in [0.2, 0.25) is 0 Å². The molecule has 1 aromatic carbocycles. The second-order valence-electron chi connectivity index (χ2n) is 8.29. The minimum absolute atomic E-state index is 0.135. The Bertz CT molecular complexity index is 1610. The SMILES string of the molecule is CNC(=O)c1cc(-c2cc(-c3cc(NC(=O)c4ccnc(C(F)(F)F)c4)ccc3C)nn(C)c2=O)ccn1. The maximum atomic E-state index is 13.0. The molecular weight excluding hydrogens is 501 g/mol. The number of pyridine rings is 2. The number of rotatable bonds is 5. The number of amides is 2. The molecule has 3 aromatic heterocycles. The standard InChI is InChI=1S/C26H21F3N6O3/c1-14-4-5-17(33-23(36)16-7-9-32-22(11-16)26(27,28)29)12-18(14)20-13-19(25(38)35(3)34-20)15-6-8-31-21(10-15)24(37)30-2/h4-13H,1-3H3,(H,30,37)(H,33,36). The number of benzene rings is 1. The lowest BCUT2D eigenvalue weighted by Gasteiger charge is -2.13. The van der Waals surface area contributed by atoms with Crippen molar-refractivity contribution in [2.45, 2.75) is 13.1 Å². The molecule has 0 atom stereocenters. The van der Waals surface area contributed by atoms with Crippen LogP contribution in [0.2, 0.25) is 0 Å². The van der Waals surface area contributed by atoms with E-state index in [2.05, 4.69) is 25.7 Å². The van der Waals surface area contributed by atoms with Gasteiger partial charge in [0.25, 0.3) is 17.4 Å². The first-order chi connectivity index (χ1) is 18.0. The predicted octanol–water partition coefficient (Wildman–Crippen LogP) is 3.84. The van der Waals surface area contributed by atoms with Crippen molar-refractivity contribution in [1.82, 2.24) is 25.1 Å². The molecule has 4 aromatic rings. The van der Waals surface area contributed by atoms with Crippen LogP contribution in [0, 0.1) is 6.92 Å². The Morgan fingerprint density at radius 1 is 0.921 bits per heavy atom. The lowest BCUT2D eigenvalue weighted by molar-refractivity contribution is -0.141. The van der Waals surface area contributed by atoms with Gasteiger partial charge in [0, 0.05) is 43.3 Å². The first-order valence-electron chi connectivity index (χ1n) is 11.2. The van der Waals surface area contributed by atoms with E-state index in [9.17, 15) is 27.6 Å². The molecule has 4 rings (SSSR count). The van der Waals surface area contributed by atoms with Gasteiger partial charge in [0.05, 0.1) is 11.3 Å². The average Bonchev–Trinajstić information content (AvgIpc) is 2.90. The number of aromatic nitrogens is 4. The lowest BCUT2D eigenvalue weighted by atomic mass is 10.0. The highest BCUT2D eigenvalue weighted by atomic mass is 19.4. The van der Waals surface area contributed by atoms with Gasteiger partial charge in [0.1, 0.15) is 11.4 Å². The van der Waals surface area contributed by atoms with Crippen molar-refractivity contribution in [1.29, 1.82) is 0 Å². The Morgan fingerprint density at radius 3 is 2.37 bits per heavy atom. The van der Waals surface area contributed by atoms with Crippen molar-refractivity contribution in [3.63, 3.8) is 0 Å². The molecule has 0 saturated carbocycles. The molecule has 0 aliphatic heterocycles. The first-order valence-corrected chi connectivity index (χ1v) is 11.2. The highest BCUT2D eigenvalue weighted by Crippen LogP contribution is 2.29. The summed E-state index contributed by atoms with van der Waals surface area (Å²) in [5.41, 5.74) is 1.14. The Labute approximate surface area is 214 Å². The van der Waals surface area contributed by atoms with Gasteiger partial charge in [-0.15, -0.1) is 0 Å². The summed E-state index contributed by atoms with van der Waals surface area (Å²) < 4.78 is 40.1. The van der Waals surface area contributed by atoms with Gasteiger partial charge in [-0.3, -0.25) is 24.4 Å². The van der Waals surface area contributed by atoms with E-state index in [1.54, 1.807) is 30.3 Å². The van der Waals surface area contributed by atoms with Crippen molar-refractivity contribution in [2.24, 2.45) is 7.05 Å². The Kier molecular flexibility index (Phi) is 7.06. The van der Waals surface area contributed by atoms with Crippen molar-refractivity contribution in [3.8, 4) is 22.4 Å². The van der Waals surface area contributed by atoms with Crippen LogP contribution >= 0.6 is 0 Å². The van der Waals surface area contributed by atoms with Crippen molar-refractivity contribution < 1.29 is 22.8 Å². The Morgan fingerprint density at radius 2 is 1.66 bits per heavy atom. The fraction of sp³-hybridized carbons (Fsp3) is 0.154. The molecule has 0 aliphatic rings. The van der Waals surface area contributed by atoms with Gasteiger partial charge in [-0.1, -0.05) is 6.07 Å². The number of halogens is 3. The van der Waals surface area contributed by atoms with Gasteiger partial charge < -0.3 is 10.6 Å². The second kappa shape index (κ2) is 10.2. The summed E-state index contributed by atoms with van der Waals surface area (Å²) in [4.78, 5) is 44.9. The first kappa shape index (κ1) is 26.2. The monoisotopic (exact) mass is 522 g/mol. The molecule has 0 spiro atoms. The number of hydrogen-bond acceptors (Lipinski definition) is 6. The summed E-state index contributed by atoms with van der Waals surface area (Å²) in [6, 6.07) is 11.4. The molecule has 3 heterocycles. The van der Waals surface area contributed by atoms with Crippen LogP contribution in [0.15, 0.2) is 65.7 Å². The molecule has 0 radical (unpaired) electrons. The fourth-order valence-corrected chi connectivity index (χ4v) is 3.70. The van der Waals surface area contributed by atoms with Crippen LogP contribution in [0.3, 0.4) is 0 Å². The van der Waals surface area contributed by atoms with E-state index in [1.165, 1.54) is 32.4 Å². The van der Waals surface area contributed by atoms with Crippen LogP contribution in [0.4, 0.5) is 18.9 Å². The summed E-state index contributed by atoms with van der Waals surface area (Å²) in [6.07, 6.45) is -2.34. The molecule has 194 valence electrons. The molecule has 2 amide bonds. The third-order valence-corrected chi connectivity index (χ3v) is 5.68.